The molecule has 82 valence electrons. The number of imide groups is 1. The first-order chi connectivity index (χ1) is 6.47. The smallest absolute Gasteiger partial charge is 0.318 e. The van der Waals surface area contributed by atoms with Gasteiger partial charge in [-0.15, -0.1) is 11.8 Å². The third-order valence-corrected chi connectivity index (χ3v) is 3.12. The fourth-order valence-corrected chi connectivity index (χ4v) is 1.64. The monoisotopic (exact) mass is 219 g/mol. The Morgan fingerprint density at radius 1 is 1.43 bits per heavy atom. The van der Waals surface area contributed by atoms with E-state index in [0.29, 0.717) is 12.5 Å². The van der Waals surface area contributed by atoms with E-state index < -0.39 is 6.03 Å². The maximum Gasteiger partial charge on any atom is 0.318 e. The Hall–Kier alpha value is -0.750. The van der Waals surface area contributed by atoms with Gasteiger partial charge in [-0.3, -0.25) is 10.1 Å². The summed E-state index contributed by atoms with van der Waals surface area (Å²) in [7, 11) is 0. The molecule has 0 fully saturated rings. The van der Waals surface area contributed by atoms with E-state index in [1.807, 2.05) is 12.2 Å². The number of hydrogen-bond donors (Lipinski definition) is 3. The van der Waals surface area contributed by atoms with Gasteiger partial charge in [-0.1, -0.05) is 6.92 Å². The van der Waals surface area contributed by atoms with Crippen molar-refractivity contribution in [3.63, 3.8) is 0 Å². The summed E-state index contributed by atoms with van der Waals surface area (Å²) in [5.74, 6) is 0.805. The first kappa shape index (κ1) is 13.2. The molecule has 0 heterocycles. The Bertz CT molecular complexity index is 211. The summed E-state index contributed by atoms with van der Waals surface area (Å²) in [6.07, 6.45) is 0. The van der Waals surface area contributed by atoms with Crippen LogP contribution < -0.4 is 16.8 Å². The Kier molecular flexibility index (Phi) is 6.31. The summed E-state index contributed by atoms with van der Waals surface area (Å²) in [5.41, 5.74) is 10.2. The van der Waals surface area contributed by atoms with Crippen LogP contribution in [0.3, 0.4) is 0 Å². The summed E-state index contributed by atoms with van der Waals surface area (Å²) in [4.78, 5) is 21.6. The van der Waals surface area contributed by atoms with Crippen LogP contribution in [0, 0.1) is 5.92 Å². The number of urea groups is 1. The Morgan fingerprint density at radius 3 is 2.43 bits per heavy atom. The number of amides is 3. The number of carbonyl (C=O) groups excluding carboxylic acids is 2. The van der Waals surface area contributed by atoms with E-state index in [9.17, 15) is 9.59 Å². The first-order valence-corrected chi connectivity index (χ1v) is 5.44. The summed E-state index contributed by atoms with van der Waals surface area (Å²) in [6.45, 7) is 4.33. The van der Waals surface area contributed by atoms with Gasteiger partial charge in [0.25, 0.3) is 0 Å². The maximum absolute atomic E-state index is 11.2. The average Bonchev–Trinajstić information content (AvgIpc) is 2.12. The van der Waals surface area contributed by atoms with Crippen LogP contribution in [0.25, 0.3) is 0 Å². The highest BCUT2D eigenvalue weighted by atomic mass is 32.2. The number of hydrogen-bond acceptors (Lipinski definition) is 4. The molecule has 14 heavy (non-hydrogen) atoms. The SMILES string of the molecule is CC(CN)CSC(C)C(=O)NC(N)=O. The topological polar surface area (TPSA) is 98.2 Å². The van der Waals surface area contributed by atoms with Gasteiger partial charge in [-0.25, -0.2) is 4.79 Å². The van der Waals surface area contributed by atoms with Crippen LogP contribution in [-0.2, 0) is 4.79 Å². The van der Waals surface area contributed by atoms with E-state index in [-0.39, 0.29) is 11.2 Å². The molecular weight excluding hydrogens is 202 g/mol. The van der Waals surface area contributed by atoms with Gasteiger partial charge in [-0.05, 0) is 25.1 Å². The van der Waals surface area contributed by atoms with Crippen molar-refractivity contribution in [1.29, 1.82) is 0 Å². The molecule has 0 saturated carbocycles. The van der Waals surface area contributed by atoms with Crippen molar-refractivity contribution in [2.24, 2.45) is 17.4 Å². The van der Waals surface area contributed by atoms with Crippen LogP contribution in [0.1, 0.15) is 13.8 Å². The zero-order valence-electron chi connectivity index (χ0n) is 8.45. The predicted octanol–water partition coefficient (Wildman–Crippen LogP) is -0.102. The minimum Gasteiger partial charge on any atom is -0.351 e. The molecule has 0 bridgehead atoms. The van der Waals surface area contributed by atoms with Crippen molar-refractivity contribution in [1.82, 2.24) is 5.32 Å². The molecule has 0 aromatic carbocycles. The van der Waals surface area contributed by atoms with Crippen molar-refractivity contribution in [3.8, 4) is 0 Å². The lowest BCUT2D eigenvalue weighted by Crippen LogP contribution is -2.39. The molecule has 0 rings (SSSR count). The van der Waals surface area contributed by atoms with Crippen LogP contribution >= 0.6 is 11.8 Å². The molecule has 0 radical (unpaired) electrons. The number of carbonyl (C=O) groups is 2. The highest BCUT2D eigenvalue weighted by Gasteiger charge is 2.15. The van der Waals surface area contributed by atoms with Crippen molar-refractivity contribution in [2.45, 2.75) is 19.1 Å². The second-order valence-corrected chi connectivity index (χ2v) is 4.54. The zero-order valence-corrected chi connectivity index (χ0v) is 9.26. The molecule has 0 aromatic rings. The van der Waals surface area contributed by atoms with Gasteiger partial charge in [0.15, 0.2) is 0 Å². The van der Waals surface area contributed by atoms with Crippen LogP contribution in [0.15, 0.2) is 0 Å². The van der Waals surface area contributed by atoms with E-state index in [1.165, 1.54) is 11.8 Å². The fraction of sp³-hybridized carbons (Fsp3) is 0.750. The van der Waals surface area contributed by atoms with E-state index >= 15 is 0 Å². The highest BCUT2D eigenvalue weighted by molar-refractivity contribution is 8.00. The molecular formula is C8H17N3O2S. The lowest BCUT2D eigenvalue weighted by Gasteiger charge is -2.12. The van der Waals surface area contributed by atoms with E-state index in [4.69, 9.17) is 11.5 Å². The Morgan fingerprint density at radius 2 is 2.00 bits per heavy atom. The summed E-state index contributed by atoms with van der Waals surface area (Å²) >= 11 is 1.46. The molecule has 0 aliphatic heterocycles. The number of nitrogens with two attached hydrogens (primary N) is 2. The predicted molar refractivity (Wildman–Crippen MR) is 57.9 cm³/mol. The molecule has 0 aliphatic rings. The summed E-state index contributed by atoms with van der Waals surface area (Å²) in [5, 5.41) is 1.75. The van der Waals surface area contributed by atoms with Crippen molar-refractivity contribution < 1.29 is 9.59 Å². The molecule has 5 N–H and O–H groups in total. The third-order valence-electron chi connectivity index (χ3n) is 1.65. The quantitative estimate of drug-likeness (QED) is 0.601. The van der Waals surface area contributed by atoms with Gasteiger partial charge in [0, 0.05) is 0 Å². The van der Waals surface area contributed by atoms with Crippen molar-refractivity contribution >= 4 is 23.7 Å². The van der Waals surface area contributed by atoms with Gasteiger partial charge in [-0.2, -0.15) is 0 Å². The lowest BCUT2D eigenvalue weighted by atomic mass is 10.2. The van der Waals surface area contributed by atoms with Gasteiger partial charge in [0.2, 0.25) is 5.91 Å². The number of nitrogens with one attached hydrogen (secondary N) is 1. The normalized spacial score (nSPS) is 14.5. The van der Waals surface area contributed by atoms with Crippen LogP contribution in [-0.4, -0.2) is 29.5 Å². The highest BCUT2D eigenvalue weighted by Crippen LogP contribution is 2.14. The van der Waals surface area contributed by atoms with Gasteiger partial charge in [0.1, 0.15) is 0 Å². The maximum atomic E-state index is 11.2. The number of rotatable bonds is 5. The zero-order chi connectivity index (χ0) is 11.1. The van der Waals surface area contributed by atoms with E-state index in [0.717, 1.165) is 5.75 Å². The molecule has 5 nitrogen and oxygen atoms in total. The standard InChI is InChI=1S/C8H17N3O2S/c1-5(3-9)4-14-6(2)7(12)11-8(10)13/h5-6H,3-4,9H2,1-2H3,(H3,10,11,12,13). The van der Waals surface area contributed by atoms with Gasteiger partial charge < -0.3 is 11.5 Å². The van der Waals surface area contributed by atoms with Crippen LogP contribution in [0.4, 0.5) is 4.79 Å². The minimum atomic E-state index is -0.811. The molecule has 0 spiro atoms. The second-order valence-electron chi connectivity index (χ2n) is 3.17. The number of primary amides is 1. The largest absolute Gasteiger partial charge is 0.351 e. The molecule has 0 aliphatic carbocycles. The second kappa shape index (κ2) is 6.67. The molecule has 6 heteroatoms. The number of thioether (sulfide) groups is 1. The minimum absolute atomic E-state index is 0.281. The molecule has 2 atom stereocenters. The molecule has 2 unspecified atom stereocenters. The Labute approximate surface area is 88.0 Å². The van der Waals surface area contributed by atoms with Gasteiger partial charge >= 0.3 is 6.03 Å². The average molecular weight is 219 g/mol. The van der Waals surface area contributed by atoms with E-state index in [1.54, 1.807) is 6.92 Å². The fourth-order valence-electron chi connectivity index (χ4n) is 0.675. The van der Waals surface area contributed by atoms with Crippen molar-refractivity contribution in [2.75, 3.05) is 12.3 Å². The Balaban J connectivity index is 3.78. The summed E-state index contributed by atoms with van der Waals surface area (Å²) in [6, 6.07) is -0.811. The molecule has 0 aromatic heterocycles. The van der Waals surface area contributed by atoms with Gasteiger partial charge in [0.05, 0.1) is 5.25 Å². The van der Waals surface area contributed by atoms with E-state index in [2.05, 4.69) is 0 Å². The molecule has 3 amide bonds. The van der Waals surface area contributed by atoms with Crippen LogP contribution in [0.2, 0.25) is 0 Å². The first-order valence-electron chi connectivity index (χ1n) is 4.39. The van der Waals surface area contributed by atoms with Crippen LogP contribution in [0.5, 0.6) is 0 Å². The lowest BCUT2D eigenvalue weighted by molar-refractivity contribution is -0.119. The summed E-state index contributed by atoms with van der Waals surface area (Å²) < 4.78 is 0. The molecule has 0 saturated heterocycles. The van der Waals surface area contributed by atoms with Crippen molar-refractivity contribution in [3.05, 3.63) is 0 Å². The third kappa shape index (κ3) is 5.82.